The summed E-state index contributed by atoms with van der Waals surface area (Å²) in [6.45, 7) is 3.90. The molecule has 6 nitrogen and oxygen atoms in total. The monoisotopic (exact) mass is 307 g/mol. The summed E-state index contributed by atoms with van der Waals surface area (Å²) in [6, 6.07) is 8.57. The third-order valence-electron chi connectivity index (χ3n) is 4.04. The number of carboxylic acid groups (broad SMARTS) is 1. The van der Waals surface area contributed by atoms with E-state index in [2.05, 4.69) is 5.32 Å². The second kappa shape index (κ2) is 6.89. The van der Waals surface area contributed by atoms with Crippen LogP contribution in [0.1, 0.15) is 31.9 Å². The van der Waals surface area contributed by atoms with E-state index in [1.807, 2.05) is 32.0 Å². The van der Waals surface area contributed by atoms with Crippen LogP contribution in [0.15, 0.2) is 30.3 Å². The predicted octanol–water partition coefficient (Wildman–Crippen LogP) is 1.10. The van der Waals surface area contributed by atoms with Crippen LogP contribution in [-0.4, -0.2) is 40.3 Å². The lowest BCUT2D eigenvalue weighted by molar-refractivity contribution is -0.138. The van der Waals surface area contributed by atoms with E-state index in [1.165, 1.54) is 0 Å². The van der Waals surface area contributed by atoms with E-state index in [-0.39, 0.29) is 5.92 Å². The molecule has 1 amide bonds. The van der Waals surface area contributed by atoms with Gasteiger partial charge in [-0.05, 0) is 11.5 Å². The highest BCUT2D eigenvalue weighted by molar-refractivity contribution is 5.92. The molecule has 0 aromatic heterocycles. The van der Waals surface area contributed by atoms with Crippen molar-refractivity contribution in [3.8, 4) is 0 Å². The summed E-state index contributed by atoms with van der Waals surface area (Å²) in [7, 11) is 0. The number of nitrogens with one attached hydrogen (secondary N) is 1. The molecule has 22 heavy (non-hydrogen) atoms. The standard InChI is InChI=1S/C16H21NO5/c1-3-9(2)11(12(18)10-7-5-4-6-8-10)17-15(19)13-14(22-13)16(20)21/h4-9,11-14,18H,3H2,1-2H3,(H,17,19)(H,20,21)/t9?,11-,12+,13-,14-/m0/s1. The summed E-state index contributed by atoms with van der Waals surface area (Å²) < 4.78 is 4.85. The molecule has 0 spiro atoms. The molecule has 0 saturated carbocycles. The van der Waals surface area contributed by atoms with Gasteiger partial charge >= 0.3 is 5.97 Å². The number of ether oxygens (including phenoxy) is 1. The Balaban J connectivity index is 2.07. The highest BCUT2D eigenvalue weighted by atomic mass is 16.6. The van der Waals surface area contributed by atoms with Crippen LogP contribution in [0.4, 0.5) is 0 Å². The Morgan fingerprint density at radius 1 is 1.27 bits per heavy atom. The first kappa shape index (κ1) is 16.5. The summed E-state index contributed by atoms with van der Waals surface area (Å²) in [5.74, 6) is -1.61. The highest BCUT2D eigenvalue weighted by Gasteiger charge is 2.51. The summed E-state index contributed by atoms with van der Waals surface area (Å²) in [6.07, 6.45) is -2.14. The van der Waals surface area contributed by atoms with Crippen LogP contribution in [0.3, 0.4) is 0 Å². The molecule has 2 rings (SSSR count). The second-order valence-electron chi connectivity index (χ2n) is 5.59. The fraction of sp³-hybridized carbons (Fsp3) is 0.500. The molecule has 120 valence electrons. The number of carboxylic acids is 1. The number of amides is 1. The maximum Gasteiger partial charge on any atom is 0.336 e. The Hall–Kier alpha value is -1.92. The van der Waals surface area contributed by atoms with E-state index in [4.69, 9.17) is 9.84 Å². The first-order valence-electron chi connectivity index (χ1n) is 7.37. The van der Waals surface area contributed by atoms with Gasteiger partial charge in [-0.2, -0.15) is 0 Å². The van der Waals surface area contributed by atoms with Gasteiger partial charge in [0.1, 0.15) is 0 Å². The first-order chi connectivity index (χ1) is 10.5. The molecule has 3 N–H and O–H groups in total. The van der Waals surface area contributed by atoms with Gasteiger partial charge in [-0.25, -0.2) is 4.79 Å². The molecular weight excluding hydrogens is 286 g/mol. The van der Waals surface area contributed by atoms with Crippen molar-refractivity contribution in [3.05, 3.63) is 35.9 Å². The van der Waals surface area contributed by atoms with Gasteiger partial charge in [0.2, 0.25) is 0 Å². The van der Waals surface area contributed by atoms with Gasteiger partial charge in [0.25, 0.3) is 5.91 Å². The molecule has 1 saturated heterocycles. The van der Waals surface area contributed by atoms with E-state index >= 15 is 0 Å². The van der Waals surface area contributed by atoms with Crippen LogP contribution in [0, 0.1) is 5.92 Å². The van der Waals surface area contributed by atoms with Gasteiger partial charge in [0.05, 0.1) is 12.1 Å². The number of benzene rings is 1. The zero-order valence-electron chi connectivity index (χ0n) is 12.6. The van der Waals surface area contributed by atoms with Crippen LogP contribution in [0.5, 0.6) is 0 Å². The number of hydrogen-bond acceptors (Lipinski definition) is 4. The summed E-state index contributed by atoms with van der Waals surface area (Å²) >= 11 is 0. The molecule has 1 aromatic rings. The minimum atomic E-state index is -1.15. The Morgan fingerprint density at radius 2 is 1.91 bits per heavy atom. The Morgan fingerprint density at radius 3 is 2.41 bits per heavy atom. The number of aliphatic hydroxyl groups excluding tert-OH is 1. The Kier molecular flexibility index (Phi) is 5.15. The minimum Gasteiger partial charge on any atom is -0.479 e. The average molecular weight is 307 g/mol. The van der Waals surface area contributed by atoms with Gasteiger partial charge in [0.15, 0.2) is 12.2 Å². The molecule has 0 aliphatic carbocycles. The fourth-order valence-corrected chi connectivity index (χ4v) is 2.39. The van der Waals surface area contributed by atoms with Gasteiger partial charge in [0, 0.05) is 0 Å². The number of carbonyl (C=O) groups is 2. The number of epoxide rings is 1. The quantitative estimate of drug-likeness (QED) is 0.655. The molecule has 1 unspecified atom stereocenters. The smallest absolute Gasteiger partial charge is 0.336 e. The zero-order valence-corrected chi connectivity index (χ0v) is 12.6. The average Bonchev–Trinajstić information content (AvgIpc) is 3.32. The third-order valence-corrected chi connectivity index (χ3v) is 4.04. The fourth-order valence-electron chi connectivity index (χ4n) is 2.39. The van der Waals surface area contributed by atoms with Crippen LogP contribution in [0.25, 0.3) is 0 Å². The lowest BCUT2D eigenvalue weighted by Gasteiger charge is -2.29. The van der Waals surface area contributed by atoms with E-state index in [0.29, 0.717) is 5.56 Å². The first-order valence-corrected chi connectivity index (χ1v) is 7.37. The minimum absolute atomic E-state index is 0.0289. The van der Waals surface area contributed by atoms with Crippen LogP contribution < -0.4 is 5.32 Å². The molecule has 1 heterocycles. The molecule has 5 atom stereocenters. The van der Waals surface area contributed by atoms with Crippen molar-refractivity contribution in [2.75, 3.05) is 0 Å². The van der Waals surface area contributed by atoms with Crippen LogP contribution >= 0.6 is 0 Å². The Bertz CT molecular complexity index is 533. The van der Waals surface area contributed by atoms with Gasteiger partial charge < -0.3 is 20.3 Å². The van der Waals surface area contributed by atoms with E-state index < -0.39 is 36.2 Å². The van der Waals surface area contributed by atoms with Crippen LogP contribution in [0.2, 0.25) is 0 Å². The normalized spacial score (nSPS) is 24.1. The number of rotatable bonds is 7. The lowest BCUT2D eigenvalue weighted by atomic mass is 9.90. The van der Waals surface area contributed by atoms with Gasteiger partial charge in [-0.1, -0.05) is 50.6 Å². The number of hydrogen-bond donors (Lipinski definition) is 3. The SMILES string of the molecule is CCC(C)[C@H](NC(=O)[C@H]1O[C@@H]1C(=O)O)[C@H](O)c1ccccc1. The van der Waals surface area contributed by atoms with Crippen molar-refractivity contribution >= 4 is 11.9 Å². The number of carbonyl (C=O) groups excluding carboxylic acids is 1. The molecule has 6 heteroatoms. The molecule has 1 aliphatic rings. The van der Waals surface area contributed by atoms with Gasteiger partial charge in [-0.3, -0.25) is 4.79 Å². The van der Waals surface area contributed by atoms with E-state index in [1.54, 1.807) is 12.1 Å². The van der Waals surface area contributed by atoms with E-state index in [0.717, 1.165) is 6.42 Å². The number of aliphatic hydroxyl groups is 1. The van der Waals surface area contributed by atoms with Crippen molar-refractivity contribution in [3.63, 3.8) is 0 Å². The zero-order chi connectivity index (χ0) is 16.3. The van der Waals surface area contributed by atoms with Crippen molar-refractivity contribution in [1.82, 2.24) is 5.32 Å². The molecule has 0 bridgehead atoms. The number of aliphatic carboxylic acids is 1. The maximum atomic E-state index is 12.1. The van der Waals surface area contributed by atoms with Crippen molar-refractivity contribution in [1.29, 1.82) is 0 Å². The highest BCUT2D eigenvalue weighted by Crippen LogP contribution is 2.27. The third kappa shape index (κ3) is 3.64. The van der Waals surface area contributed by atoms with E-state index in [9.17, 15) is 14.7 Å². The molecule has 0 radical (unpaired) electrons. The lowest BCUT2D eigenvalue weighted by Crippen LogP contribution is -2.45. The molecule has 1 aliphatic heterocycles. The van der Waals surface area contributed by atoms with Crippen molar-refractivity contribution < 1.29 is 24.5 Å². The second-order valence-corrected chi connectivity index (χ2v) is 5.59. The predicted molar refractivity (Wildman–Crippen MR) is 79.1 cm³/mol. The summed E-state index contributed by atoms with van der Waals surface area (Å²) in [5.41, 5.74) is 0.708. The Labute approximate surface area is 129 Å². The summed E-state index contributed by atoms with van der Waals surface area (Å²) in [4.78, 5) is 22.8. The molecule has 1 aromatic carbocycles. The molecular formula is C16H21NO5. The van der Waals surface area contributed by atoms with Crippen molar-refractivity contribution in [2.24, 2.45) is 5.92 Å². The topological polar surface area (TPSA) is 99.2 Å². The van der Waals surface area contributed by atoms with Crippen LogP contribution in [-0.2, 0) is 14.3 Å². The van der Waals surface area contributed by atoms with Crippen molar-refractivity contribution in [2.45, 2.75) is 44.6 Å². The van der Waals surface area contributed by atoms with Gasteiger partial charge in [-0.15, -0.1) is 0 Å². The maximum absolute atomic E-state index is 12.1. The summed E-state index contributed by atoms with van der Waals surface area (Å²) in [5, 5.41) is 22.1. The molecule has 1 fully saturated rings. The largest absolute Gasteiger partial charge is 0.479 e.